The Bertz CT molecular complexity index is 2030. The molecule has 4 atom stereocenters. The van der Waals surface area contributed by atoms with E-state index in [1.807, 2.05) is 84.9 Å². The van der Waals surface area contributed by atoms with Crippen LogP contribution in [-0.2, 0) is 24.1 Å². The Morgan fingerprint density at radius 2 is 1.52 bits per heavy atom. The van der Waals surface area contributed by atoms with Crippen LogP contribution in [0.4, 0.5) is 5.82 Å². The molecule has 1 aromatic heterocycles. The number of nitrogens with zero attached hydrogens (tertiary/aromatic N) is 3. The quantitative estimate of drug-likeness (QED) is 0.0657. The molecule has 4 aromatic carbocycles. The molecule has 0 bridgehead atoms. The molecule has 6 rings (SSSR count). The van der Waals surface area contributed by atoms with Crippen LogP contribution in [0.3, 0.4) is 0 Å². The second-order valence-corrected chi connectivity index (χ2v) is 13.1. The standard InChI is InChI=1S/C40H39N4O9P/c1-48-32-18-14-30(15-19-32)40(29-12-7-4-8-13-29,31-16-20-33(49-2)21-17-31)50-27-35-34(53-54(47)51-25-9-23-41)26-37(52-35)44-24-22-36(43-39(44)46)42-38(45)28-10-5-3-6-11-28/h3-8,10-22,24,34-35,37,47H,9,25-27H2,1-2H3,(H,42,43,45,46)/t34-,35+,37+,54?/m0/s1. The molecule has 1 amide bonds. The van der Waals surface area contributed by atoms with Crippen LogP contribution in [0.2, 0.25) is 0 Å². The molecule has 1 unspecified atom stereocenters. The van der Waals surface area contributed by atoms with Crippen molar-refractivity contribution in [3.05, 3.63) is 154 Å². The molecule has 14 heteroatoms. The van der Waals surface area contributed by atoms with E-state index in [2.05, 4.69) is 10.3 Å². The SMILES string of the molecule is COc1ccc(C(OC[C@H]2O[C@@H](n3ccc(NC(=O)c4ccccc4)nc3=O)C[C@@H]2OP(O)OCCC#N)(c2ccccc2)c2ccc(OC)cc2)cc1. The van der Waals surface area contributed by atoms with E-state index in [4.69, 9.17) is 33.3 Å². The Kier molecular flexibility index (Phi) is 12.8. The molecule has 0 spiro atoms. The molecule has 54 heavy (non-hydrogen) atoms. The van der Waals surface area contributed by atoms with Gasteiger partial charge in [0.05, 0.1) is 46.0 Å². The van der Waals surface area contributed by atoms with E-state index in [9.17, 15) is 14.5 Å². The summed E-state index contributed by atoms with van der Waals surface area (Å²) >= 11 is 0. The minimum atomic E-state index is -2.41. The number of hydrogen-bond acceptors (Lipinski definition) is 11. The van der Waals surface area contributed by atoms with Crippen molar-refractivity contribution in [2.45, 2.75) is 36.9 Å². The first-order valence-electron chi connectivity index (χ1n) is 17.1. The van der Waals surface area contributed by atoms with Crippen LogP contribution in [0, 0.1) is 11.3 Å². The predicted octanol–water partition coefficient (Wildman–Crippen LogP) is 6.34. The van der Waals surface area contributed by atoms with Crippen LogP contribution in [0.1, 0.15) is 46.1 Å². The Labute approximate surface area is 313 Å². The molecule has 1 fully saturated rings. The largest absolute Gasteiger partial charge is 0.497 e. The van der Waals surface area contributed by atoms with Gasteiger partial charge in [-0.05, 0) is 59.2 Å². The number of anilines is 1. The number of rotatable bonds is 16. The third-order valence-corrected chi connectivity index (χ3v) is 9.73. The molecule has 5 aromatic rings. The van der Waals surface area contributed by atoms with Crippen molar-refractivity contribution in [2.24, 2.45) is 0 Å². The van der Waals surface area contributed by atoms with Crippen molar-refractivity contribution < 1.29 is 37.7 Å². The van der Waals surface area contributed by atoms with Crippen molar-refractivity contribution in [1.29, 1.82) is 5.26 Å². The lowest BCUT2D eigenvalue weighted by atomic mass is 9.80. The molecule has 0 saturated carbocycles. The van der Waals surface area contributed by atoms with Gasteiger partial charge in [0.15, 0.2) is 0 Å². The van der Waals surface area contributed by atoms with E-state index in [1.54, 1.807) is 44.6 Å². The number of nitrogens with one attached hydrogen (secondary N) is 1. The van der Waals surface area contributed by atoms with Crippen molar-refractivity contribution in [1.82, 2.24) is 9.55 Å². The summed E-state index contributed by atoms with van der Waals surface area (Å²) in [5, 5.41) is 11.6. The summed E-state index contributed by atoms with van der Waals surface area (Å²) in [5.41, 5.74) is 0.978. The Balaban J connectivity index is 1.32. The van der Waals surface area contributed by atoms with Gasteiger partial charge in [0, 0.05) is 18.2 Å². The normalized spacial score (nSPS) is 17.3. The predicted molar refractivity (Wildman–Crippen MR) is 200 cm³/mol. The molecule has 2 heterocycles. The molecular formula is C40H39N4O9P. The highest BCUT2D eigenvalue weighted by Crippen LogP contribution is 2.45. The first-order chi connectivity index (χ1) is 26.3. The van der Waals surface area contributed by atoms with Crippen LogP contribution in [0.15, 0.2) is 126 Å². The molecule has 1 aliphatic heterocycles. The minimum Gasteiger partial charge on any atom is -0.497 e. The number of carbonyl (C=O) groups is 1. The molecule has 278 valence electrons. The number of nitriles is 1. The number of benzene rings is 4. The summed E-state index contributed by atoms with van der Waals surface area (Å²) < 4.78 is 37.1. The van der Waals surface area contributed by atoms with Gasteiger partial charge in [-0.3, -0.25) is 9.36 Å². The fourth-order valence-electron chi connectivity index (χ4n) is 6.21. The summed E-state index contributed by atoms with van der Waals surface area (Å²) in [6, 6.07) is 36.9. The lowest BCUT2D eigenvalue weighted by Gasteiger charge is -2.37. The maximum Gasteiger partial charge on any atom is 0.351 e. The molecule has 0 radical (unpaired) electrons. The highest BCUT2D eigenvalue weighted by Gasteiger charge is 2.44. The fourth-order valence-corrected chi connectivity index (χ4v) is 6.97. The van der Waals surface area contributed by atoms with E-state index >= 15 is 0 Å². The summed E-state index contributed by atoms with van der Waals surface area (Å²) in [6.45, 7) is -0.0919. The van der Waals surface area contributed by atoms with Gasteiger partial charge < -0.3 is 38.2 Å². The molecule has 1 aliphatic rings. The van der Waals surface area contributed by atoms with Crippen LogP contribution < -0.4 is 20.5 Å². The van der Waals surface area contributed by atoms with Crippen molar-refractivity contribution >= 4 is 20.3 Å². The Hall–Kier alpha value is -5.45. The summed E-state index contributed by atoms with van der Waals surface area (Å²) in [5.74, 6) is 1.00. The van der Waals surface area contributed by atoms with Gasteiger partial charge in [-0.15, -0.1) is 0 Å². The van der Waals surface area contributed by atoms with Gasteiger partial charge in [-0.2, -0.15) is 10.2 Å². The molecule has 2 N–H and O–H groups in total. The van der Waals surface area contributed by atoms with Crippen LogP contribution in [-0.4, -0.2) is 60.0 Å². The van der Waals surface area contributed by atoms with Gasteiger partial charge in [-0.1, -0.05) is 72.8 Å². The second-order valence-electron chi connectivity index (χ2n) is 12.1. The average molecular weight is 751 g/mol. The lowest BCUT2D eigenvalue weighted by Crippen LogP contribution is -2.38. The first-order valence-corrected chi connectivity index (χ1v) is 18.2. The zero-order valence-corrected chi connectivity index (χ0v) is 30.5. The lowest BCUT2D eigenvalue weighted by molar-refractivity contribution is -0.0926. The third-order valence-electron chi connectivity index (χ3n) is 8.88. The topological polar surface area (TPSA) is 163 Å². The number of aromatic nitrogens is 2. The summed E-state index contributed by atoms with van der Waals surface area (Å²) in [7, 11) is 0.790. The Morgan fingerprint density at radius 1 is 0.926 bits per heavy atom. The highest BCUT2D eigenvalue weighted by molar-refractivity contribution is 7.40. The number of carbonyl (C=O) groups excluding carboxylic acids is 1. The monoisotopic (exact) mass is 750 g/mol. The second kappa shape index (κ2) is 18.1. The van der Waals surface area contributed by atoms with E-state index in [0.29, 0.717) is 17.1 Å². The molecular weight excluding hydrogens is 711 g/mol. The van der Waals surface area contributed by atoms with Gasteiger partial charge in [0.1, 0.15) is 35.2 Å². The van der Waals surface area contributed by atoms with Crippen molar-refractivity contribution in [3.8, 4) is 17.6 Å². The fraction of sp³-hybridized carbons (Fsp3) is 0.250. The number of amides is 1. The Morgan fingerprint density at radius 3 is 2.09 bits per heavy atom. The van der Waals surface area contributed by atoms with Crippen molar-refractivity contribution in [2.75, 3.05) is 32.8 Å². The maximum atomic E-state index is 13.4. The molecule has 0 aliphatic carbocycles. The summed E-state index contributed by atoms with van der Waals surface area (Å²) in [6.07, 6.45) is -0.840. The molecule has 1 saturated heterocycles. The number of methoxy groups -OCH3 is 2. The van der Waals surface area contributed by atoms with Gasteiger partial charge in [0.25, 0.3) is 5.91 Å². The van der Waals surface area contributed by atoms with Gasteiger partial charge >= 0.3 is 14.3 Å². The maximum absolute atomic E-state index is 13.4. The van der Waals surface area contributed by atoms with Gasteiger partial charge in [0.2, 0.25) is 0 Å². The number of ether oxygens (including phenoxy) is 4. The zero-order valence-electron chi connectivity index (χ0n) is 29.6. The smallest absolute Gasteiger partial charge is 0.351 e. The zero-order chi connectivity index (χ0) is 37.9. The third kappa shape index (κ3) is 8.84. The number of hydrogen-bond donors (Lipinski definition) is 2. The van der Waals surface area contributed by atoms with E-state index < -0.39 is 44.2 Å². The van der Waals surface area contributed by atoms with Crippen LogP contribution in [0.25, 0.3) is 0 Å². The van der Waals surface area contributed by atoms with E-state index in [0.717, 1.165) is 16.7 Å². The van der Waals surface area contributed by atoms with Crippen LogP contribution in [0.5, 0.6) is 11.5 Å². The van der Waals surface area contributed by atoms with Gasteiger partial charge in [-0.25, -0.2) is 4.79 Å². The first kappa shape index (κ1) is 38.3. The summed E-state index contributed by atoms with van der Waals surface area (Å²) in [4.78, 5) is 40.8. The van der Waals surface area contributed by atoms with Crippen molar-refractivity contribution in [3.63, 3.8) is 0 Å². The van der Waals surface area contributed by atoms with Crippen LogP contribution >= 0.6 is 8.60 Å². The van der Waals surface area contributed by atoms with E-state index in [1.165, 1.54) is 16.8 Å². The van der Waals surface area contributed by atoms with E-state index in [-0.39, 0.29) is 31.9 Å². The highest BCUT2D eigenvalue weighted by atomic mass is 31.2. The minimum absolute atomic E-state index is 0.0253. The average Bonchev–Trinajstić information content (AvgIpc) is 3.61. The molecule has 13 nitrogen and oxygen atoms in total.